The highest BCUT2D eigenvalue weighted by atomic mass is 32.2. The number of aryl methyl sites for hydroxylation is 1. The highest BCUT2D eigenvalue weighted by Crippen LogP contribution is 2.27. The molecular formula is C30H32N4OS. The van der Waals surface area contributed by atoms with Gasteiger partial charge >= 0.3 is 0 Å². The largest absolute Gasteiger partial charge is 0.352 e. The van der Waals surface area contributed by atoms with Crippen LogP contribution in [0.5, 0.6) is 0 Å². The number of nitrogens with one attached hydrogen (secondary N) is 1. The number of nitrogens with zero attached hydrogens (tertiary/aromatic N) is 3. The maximum Gasteiger partial charge on any atom is 0.251 e. The summed E-state index contributed by atoms with van der Waals surface area (Å²) >= 11 is 1.74. The molecule has 1 amide bonds. The van der Waals surface area contributed by atoms with Crippen LogP contribution in [0.2, 0.25) is 0 Å². The third kappa shape index (κ3) is 6.05. The third-order valence-corrected chi connectivity index (χ3v) is 7.73. The van der Waals surface area contributed by atoms with Crippen LogP contribution in [-0.4, -0.2) is 27.0 Å². The maximum atomic E-state index is 12.6. The number of thioether (sulfide) groups is 1. The molecule has 0 radical (unpaired) electrons. The summed E-state index contributed by atoms with van der Waals surface area (Å²) in [6.07, 6.45) is 11.9. The number of amides is 1. The van der Waals surface area contributed by atoms with E-state index >= 15 is 0 Å². The highest BCUT2D eigenvalue weighted by molar-refractivity contribution is 7.98. The van der Waals surface area contributed by atoms with E-state index < -0.39 is 0 Å². The molecule has 0 saturated carbocycles. The Morgan fingerprint density at radius 2 is 1.83 bits per heavy atom. The Labute approximate surface area is 217 Å². The van der Waals surface area contributed by atoms with Crippen LogP contribution in [0.1, 0.15) is 59.2 Å². The van der Waals surface area contributed by atoms with Crippen LogP contribution < -0.4 is 5.32 Å². The summed E-state index contributed by atoms with van der Waals surface area (Å²) in [5.41, 5.74) is 7.80. The quantitative estimate of drug-likeness (QED) is 0.207. The second-order valence-corrected chi connectivity index (χ2v) is 10.4. The van der Waals surface area contributed by atoms with E-state index in [1.54, 1.807) is 18.0 Å². The van der Waals surface area contributed by atoms with Gasteiger partial charge in [0.25, 0.3) is 5.91 Å². The van der Waals surface area contributed by atoms with Gasteiger partial charge in [-0.15, -0.1) is 0 Å². The molecule has 0 spiro atoms. The Hall–Kier alpha value is -3.38. The number of aromatic nitrogens is 3. The minimum absolute atomic E-state index is 0.00965. The van der Waals surface area contributed by atoms with Gasteiger partial charge in [-0.25, -0.2) is 4.98 Å². The van der Waals surface area contributed by atoms with Crippen molar-refractivity contribution >= 4 is 28.7 Å². The number of benzene rings is 2. The van der Waals surface area contributed by atoms with Crippen molar-refractivity contribution in [2.45, 2.75) is 56.5 Å². The van der Waals surface area contributed by atoms with Gasteiger partial charge in [0.15, 0.2) is 5.16 Å². The minimum atomic E-state index is -0.00965. The van der Waals surface area contributed by atoms with E-state index in [1.807, 2.05) is 36.5 Å². The van der Waals surface area contributed by atoms with E-state index in [0.29, 0.717) is 18.7 Å². The second-order valence-electron chi connectivity index (χ2n) is 9.43. The number of carbonyl (C=O) groups excluding carboxylic acids is 1. The molecule has 6 heteroatoms. The van der Waals surface area contributed by atoms with Crippen molar-refractivity contribution in [3.63, 3.8) is 0 Å². The first-order chi connectivity index (χ1) is 17.7. The lowest BCUT2D eigenvalue weighted by molar-refractivity contribution is 0.0954. The van der Waals surface area contributed by atoms with Crippen LogP contribution in [0.15, 0.2) is 83.8 Å². The van der Waals surface area contributed by atoms with E-state index in [1.165, 1.54) is 42.4 Å². The van der Waals surface area contributed by atoms with Crippen molar-refractivity contribution < 1.29 is 4.79 Å². The van der Waals surface area contributed by atoms with Gasteiger partial charge in [-0.2, -0.15) is 0 Å². The molecule has 0 unspecified atom stereocenters. The molecule has 0 aliphatic heterocycles. The van der Waals surface area contributed by atoms with E-state index in [0.717, 1.165) is 33.9 Å². The predicted octanol–water partition coefficient (Wildman–Crippen LogP) is 6.70. The Morgan fingerprint density at radius 3 is 2.61 bits per heavy atom. The van der Waals surface area contributed by atoms with E-state index in [9.17, 15) is 4.79 Å². The molecule has 1 aliphatic carbocycles. The molecule has 2 heterocycles. The van der Waals surface area contributed by atoms with Gasteiger partial charge in [-0.1, -0.05) is 65.4 Å². The normalized spacial score (nSPS) is 13.5. The molecule has 184 valence electrons. The minimum Gasteiger partial charge on any atom is -0.352 e. The first-order valence-electron chi connectivity index (χ1n) is 12.7. The van der Waals surface area contributed by atoms with Crippen molar-refractivity contribution in [1.29, 1.82) is 0 Å². The highest BCUT2D eigenvalue weighted by Gasteiger charge is 2.13. The molecule has 0 bridgehead atoms. The summed E-state index contributed by atoms with van der Waals surface area (Å²) in [6, 6.07) is 18.5. The van der Waals surface area contributed by atoms with E-state index in [2.05, 4.69) is 52.1 Å². The van der Waals surface area contributed by atoms with Gasteiger partial charge in [-0.05, 0) is 68.4 Å². The lowest BCUT2D eigenvalue weighted by atomic mass is 9.97. The number of hydrogen-bond donors (Lipinski definition) is 1. The fraction of sp³-hybridized carbons (Fsp3) is 0.300. The molecule has 4 aromatic rings. The molecule has 0 fully saturated rings. The topological polar surface area (TPSA) is 59.8 Å². The zero-order valence-electron chi connectivity index (χ0n) is 20.7. The van der Waals surface area contributed by atoms with Crippen molar-refractivity contribution in [2.24, 2.45) is 0 Å². The Balaban J connectivity index is 1.25. The van der Waals surface area contributed by atoms with Crippen molar-refractivity contribution in [3.8, 4) is 0 Å². The third-order valence-electron chi connectivity index (χ3n) is 6.68. The van der Waals surface area contributed by atoms with Crippen LogP contribution in [0.25, 0.3) is 11.0 Å². The van der Waals surface area contributed by atoms with Gasteiger partial charge in [0.2, 0.25) is 0 Å². The summed E-state index contributed by atoms with van der Waals surface area (Å²) in [4.78, 5) is 21.8. The Morgan fingerprint density at radius 1 is 1.03 bits per heavy atom. The maximum absolute atomic E-state index is 12.6. The molecule has 5 rings (SSSR count). The molecule has 1 N–H and O–H groups in total. The van der Waals surface area contributed by atoms with Gasteiger partial charge in [0, 0.05) is 24.1 Å². The molecule has 0 atom stereocenters. The molecule has 36 heavy (non-hydrogen) atoms. The van der Waals surface area contributed by atoms with Crippen LogP contribution in [-0.2, 0) is 12.3 Å². The van der Waals surface area contributed by atoms with Crippen molar-refractivity contribution in [3.05, 3.63) is 101 Å². The standard InChI is InChI=1S/C30H32N4OS/c1-22-7-9-25(10-8-22)21-36-30-33-27-16-17-31-19-28(27)34(30)20-24-11-13-26(14-12-24)29(35)32-18-15-23-5-3-2-4-6-23/h5,7-14,16-17,19H,2-4,6,15,18,20-21H2,1H3,(H,32,35). The van der Waals surface area contributed by atoms with Gasteiger partial charge in [0.1, 0.15) is 0 Å². The van der Waals surface area contributed by atoms with Crippen molar-refractivity contribution in [1.82, 2.24) is 19.9 Å². The first-order valence-corrected chi connectivity index (χ1v) is 13.7. The number of imidazole rings is 1. The van der Waals surface area contributed by atoms with Crippen LogP contribution in [0.3, 0.4) is 0 Å². The SMILES string of the molecule is Cc1ccc(CSc2nc3ccncc3n2Cc2ccc(C(=O)NCCC3=CCCCC3)cc2)cc1. The van der Waals surface area contributed by atoms with Crippen molar-refractivity contribution in [2.75, 3.05) is 6.54 Å². The van der Waals surface area contributed by atoms with Gasteiger partial charge in [0.05, 0.1) is 23.8 Å². The zero-order chi connectivity index (χ0) is 24.7. The number of rotatable bonds is 9. The summed E-state index contributed by atoms with van der Waals surface area (Å²) in [5.74, 6) is 0.845. The number of hydrogen-bond acceptors (Lipinski definition) is 4. The molecule has 2 aromatic heterocycles. The lowest BCUT2D eigenvalue weighted by Gasteiger charge is -2.13. The van der Waals surface area contributed by atoms with Gasteiger partial charge < -0.3 is 9.88 Å². The molecule has 1 aliphatic rings. The first kappa shape index (κ1) is 24.3. The molecule has 5 nitrogen and oxygen atoms in total. The summed E-state index contributed by atoms with van der Waals surface area (Å²) < 4.78 is 2.22. The zero-order valence-corrected chi connectivity index (χ0v) is 21.6. The van der Waals surface area contributed by atoms with Gasteiger partial charge in [-0.3, -0.25) is 9.78 Å². The smallest absolute Gasteiger partial charge is 0.251 e. The summed E-state index contributed by atoms with van der Waals surface area (Å²) in [6.45, 7) is 3.48. The number of allylic oxidation sites excluding steroid dienone is 1. The lowest BCUT2D eigenvalue weighted by Crippen LogP contribution is -2.24. The Kier molecular flexibility index (Phi) is 7.82. The van der Waals surface area contributed by atoms with E-state index in [4.69, 9.17) is 4.98 Å². The summed E-state index contributed by atoms with van der Waals surface area (Å²) in [7, 11) is 0. The van der Waals surface area contributed by atoms with Crippen LogP contribution >= 0.6 is 11.8 Å². The summed E-state index contributed by atoms with van der Waals surface area (Å²) in [5, 5.41) is 4.04. The second kappa shape index (κ2) is 11.6. The molecular weight excluding hydrogens is 464 g/mol. The van der Waals surface area contributed by atoms with E-state index in [-0.39, 0.29) is 5.91 Å². The fourth-order valence-corrected chi connectivity index (χ4v) is 5.53. The van der Waals surface area contributed by atoms with Crippen LogP contribution in [0.4, 0.5) is 0 Å². The average Bonchev–Trinajstić information content (AvgIpc) is 3.26. The number of carbonyl (C=O) groups is 1. The fourth-order valence-electron chi connectivity index (χ4n) is 4.56. The Bertz CT molecular complexity index is 1360. The average molecular weight is 497 g/mol. The monoisotopic (exact) mass is 496 g/mol. The van der Waals surface area contributed by atoms with Crippen LogP contribution in [0, 0.1) is 6.92 Å². The molecule has 2 aromatic carbocycles. The number of fused-ring (bicyclic) bond motifs is 1. The predicted molar refractivity (Wildman–Crippen MR) is 147 cm³/mol. The molecule has 0 saturated heterocycles. The number of pyridine rings is 1.